The van der Waals surface area contributed by atoms with Crippen molar-refractivity contribution in [2.45, 2.75) is 58.3 Å². The van der Waals surface area contributed by atoms with Gasteiger partial charge in [-0.2, -0.15) is 0 Å². The number of likely N-dealkylation sites (tertiary alicyclic amines) is 1. The summed E-state index contributed by atoms with van der Waals surface area (Å²) in [6.07, 6.45) is 11.2. The van der Waals surface area contributed by atoms with Gasteiger partial charge < -0.3 is 10.2 Å². The van der Waals surface area contributed by atoms with Crippen molar-refractivity contribution in [3.63, 3.8) is 0 Å². The van der Waals surface area contributed by atoms with Gasteiger partial charge in [-0.25, -0.2) is 0 Å². The van der Waals surface area contributed by atoms with Crippen LogP contribution in [0.1, 0.15) is 58.3 Å². The summed E-state index contributed by atoms with van der Waals surface area (Å²) in [5.41, 5.74) is 0. The van der Waals surface area contributed by atoms with E-state index in [2.05, 4.69) is 17.1 Å². The van der Waals surface area contributed by atoms with Crippen LogP contribution in [0.5, 0.6) is 0 Å². The van der Waals surface area contributed by atoms with Crippen molar-refractivity contribution in [2.24, 2.45) is 0 Å². The number of piperidine rings is 1. The van der Waals surface area contributed by atoms with E-state index in [0.717, 1.165) is 0 Å². The highest BCUT2D eigenvalue weighted by Gasteiger charge is 2.08. The van der Waals surface area contributed by atoms with Crippen molar-refractivity contribution in [3.05, 3.63) is 0 Å². The van der Waals surface area contributed by atoms with Gasteiger partial charge in [0.25, 0.3) is 0 Å². The fourth-order valence-corrected chi connectivity index (χ4v) is 2.40. The van der Waals surface area contributed by atoms with Crippen LogP contribution in [0.3, 0.4) is 0 Å². The Kier molecular flexibility index (Phi) is 8.83. The molecule has 0 aromatic rings. The molecule has 0 bridgehead atoms. The quantitative estimate of drug-likeness (QED) is 0.608. The second-order valence-corrected chi connectivity index (χ2v) is 5.07. The fraction of sp³-hybridized carbons (Fsp3) is 1.00. The van der Waals surface area contributed by atoms with Gasteiger partial charge in [0.05, 0.1) is 0 Å². The van der Waals surface area contributed by atoms with Crippen molar-refractivity contribution < 1.29 is 0 Å². The lowest BCUT2D eigenvalue weighted by Crippen LogP contribution is -2.36. The van der Waals surface area contributed by atoms with Gasteiger partial charge in [0, 0.05) is 13.1 Å². The molecule has 1 heterocycles. The van der Waals surface area contributed by atoms with Crippen LogP contribution in [0, 0.1) is 0 Å². The van der Waals surface area contributed by atoms with Crippen molar-refractivity contribution in [3.8, 4) is 0 Å². The van der Waals surface area contributed by atoms with E-state index in [1.165, 1.54) is 84.1 Å². The zero-order chi connectivity index (χ0) is 11.5. The van der Waals surface area contributed by atoms with Gasteiger partial charge in [0.2, 0.25) is 0 Å². The van der Waals surface area contributed by atoms with E-state index >= 15 is 0 Å². The molecule has 1 aliphatic heterocycles. The number of unbranched alkanes of at least 4 members (excludes halogenated alkanes) is 4. The number of nitrogens with one attached hydrogen (secondary N) is 1. The average molecular weight is 226 g/mol. The van der Waals surface area contributed by atoms with Gasteiger partial charge in [-0.05, 0) is 38.9 Å². The van der Waals surface area contributed by atoms with E-state index in [0.29, 0.717) is 0 Å². The Morgan fingerprint density at radius 3 is 2.38 bits per heavy atom. The summed E-state index contributed by atoms with van der Waals surface area (Å²) in [4.78, 5) is 2.60. The topological polar surface area (TPSA) is 15.3 Å². The first-order chi connectivity index (χ1) is 7.93. The maximum atomic E-state index is 3.57. The maximum absolute atomic E-state index is 3.57. The molecule has 1 aliphatic rings. The van der Waals surface area contributed by atoms with Crippen LogP contribution in [0.4, 0.5) is 0 Å². The second-order valence-electron chi connectivity index (χ2n) is 5.07. The number of rotatable bonds is 9. The lowest BCUT2D eigenvalue weighted by atomic mass is 10.1. The summed E-state index contributed by atoms with van der Waals surface area (Å²) < 4.78 is 0. The molecule has 1 fully saturated rings. The molecule has 0 unspecified atom stereocenters. The molecule has 1 saturated heterocycles. The minimum Gasteiger partial charge on any atom is -0.315 e. The minimum atomic E-state index is 1.19. The van der Waals surface area contributed by atoms with Gasteiger partial charge in [-0.3, -0.25) is 0 Å². The zero-order valence-electron chi connectivity index (χ0n) is 11.1. The van der Waals surface area contributed by atoms with Crippen LogP contribution in [0.15, 0.2) is 0 Å². The molecular formula is C14H30N2. The molecule has 0 spiro atoms. The normalized spacial score (nSPS) is 17.8. The van der Waals surface area contributed by atoms with Crippen LogP contribution in [0.25, 0.3) is 0 Å². The largest absolute Gasteiger partial charge is 0.315 e. The van der Waals surface area contributed by atoms with E-state index < -0.39 is 0 Å². The number of hydrogen-bond donors (Lipinski definition) is 1. The third-order valence-electron chi connectivity index (χ3n) is 3.51. The molecule has 0 aromatic carbocycles. The van der Waals surface area contributed by atoms with E-state index in [9.17, 15) is 0 Å². The Balaban J connectivity index is 1.77. The lowest BCUT2D eigenvalue weighted by Gasteiger charge is -2.26. The summed E-state index contributed by atoms with van der Waals surface area (Å²) in [5, 5.41) is 3.57. The van der Waals surface area contributed by atoms with Crippen LogP contribution >= 0.6 is 0 Å². The molecule has 0 aliphatic carbocycles. The molecule has 2 heteroatoms. The third-order valence-corrected chi connectivity index (χ3v) is 3.51. The van der Waals surface area contributed by atoms with Gasteiger partial charge in [0.15, 0.2) is 0 Å². The monoisotopic (exact) mass is 226 g/mol. The van der Waals surface area contributed by atoms with Crippen molar-refractivity contribution in [1.29, 1.82) is 0 Å². The molecule has 96 valence electrons. The first-order valence-corrected chi connectivity index (χ1v) is 7.36. The molecular weight excluding hydrogens is 196 g/mol. The summed E-state index contributed by atoms with van der Waals surface area (Å²) in [7, 11) is 0. The molecule has 16 heavy (non-hydrogen) atoms. The highest BCUT2D eigenvalue weighted by atomic mass is 15.1. The van der Waals surface area contributed by atoms with E-state index in [1.807, 2.05) is 0 Å². The van der Waals surface area contributed by atoms with Crippen molar-refractivity contribution >= 4 is 0 Å². The SMILES string of the molecule is CCCCCCCNCCN1CCCCC1. The van der Waals surface area contributed by atoms with Crippen LogP contribution in [0.2, 0.25) is 0 Å². The molecule has 2 nitrogen and oxygen atoms in total. The van der Waals surface area contributed by atoms with Crippen LogP contribution < -0.4 is 5.32 Å². The Morgan fingerprint density at radius 1 is 0.875 bits per heavy atom. The molecule has 1 N–H and O–H groups in total. The van der Waals surface area contributed by atoms with Gasteiger partial charge >= 0.3 is 0 Å². The number of nitrogens with zero attached hydrogens (tertiary/aromatic N) is 1. The standard InChI is InChI=1S/C14H30N2/c1-2-3-4-5-7-10-15-11-14-16-12-8-6-9-13-16/h15H,2-14H2,1H3. The summed E-state index contributed by atoms with van der Waals surface area (Å²) in [6.45, 7) is 8.60. The molecule has 0 atom stereocenters. The van der Waals surface area contributed by atoms with Crippen molar-refractivity contribution in [1.82, 2.24) is 10.2 Å². The third kappa shape index (κ3) is 7.24. The first-order valence-electron chi connectivity index (χ1n) is 7.36. The van der Waals surface area contributed by atoms with E-state index in [1.54, 1.807) is 0 Å². The predicted molar refractivity (Wildman–Crippen MR) is 71.9 cm³/mol. The maximum Gasteiger partial charge on any atom is 0.0107 e. The van der Waals surface area contributed by atoms with E-state index in [-0.39, 0.29) is 0 Å². The molecule has 0 saturated carbocycles. The van der Waals surface area contributed by atoms with E-state index in [4.69, 9.17) is 0 Å². The Labute approximate surface area is 102 Å². The number of hydrogen-bond acceptors (Lipinski definition) is 2. The fourth-order valence-electron chi connectivity index (χ4n) is 2.40. The Morgan fingerprint density at radius 2 is 1.62 bits per heavy atom. The summed E-state index contributed by atoms with van der Waals surface area (Å²) in [6, 6.07) is 0. The van der Waals surface area contributed by atoms with Crippen LogP contribution in [-0.4, -0.2) is 37.6 Å². The molecule has 0 aromatic heterocycles. The molecule has 0 amide bonds. The minimum absolute atomic E-state index is 1.19. The highest BCUT2D eigenvalue weighted by molar-refractivity contribution is 4.65. The highest BCUT2D eigenvalue weighted by Crippen LogP contribution is 2.07. The van der Waals surface area contributed by atoms with Gasteiger partial charge in [0.1, 0.15) is 0 Å². The summed E-state index contributed by atoms with van der Waals surface area (Å²) in [5.74, 6) is 0. The first kappa shape index (κ1) is 14.0. The second kappa shape index (κ2) is 10.1. The van der Waals surface area contributed by atoms with Gasteiger partial charge in [-0.15, -0.1) is 0 Å². The smallest absolute Gasteiger partial charge is 0.0107 e. The predicted octanol–water partition coefficient (Wildman–Crippen LogP) is 3.03. The zero-order valence-corrected chi connectivity index (χ0v) is 11.1. The molecule has 0 radical (unpaired) electrons. The van der Waals surface area contributed by atoms with Crippen molar-refractivity contribution in [2.75, 3.05) is 32.7 Å². The molecule has 1 rings (SSSR count). The summed E-state index contributed by atoms with van der Waals surface area (Å²) >= 11 is 0. The van der Waals surface area contributed by atoms with Gasteiger partial charge in [-0.1, -0.05) is 39.0 Å². The Hall–Kier alpha value is -0.0800. The van der Waals surface area contributed by atoms with Crippen LogP contribution in [-0.2, 0) is 0 Å². The average Bonchev–Trinajstić information content (AvgIpc) is 2.34. The Bertz CT molecular complexity index is 142. The lowest BCUT2D eigenvalue weighted by molar-refractivity contribution is 0.229.